The molecule has 0 N–H and O–H groups in total. The van der Waals surface area contributed by atoms with E-state index in [2.05, 4.69) is 0 Å². The third-order valence-electron chi connectivity index (χ3n) is 3.64. The van der Waals surface area contributed by atoms with E-state index in [1.165, 1.54) is 5.56 Å². The van der Waals surface area contributed by atoms with Crippen LogP contribution in [-0.2, 0) is 14.4 Å². The average Bonchev–Trinajstić information content (AvgIpc) is 2.98. The van der Waals surface area contributed by atoms with E-state index >= 15 is 0 Å². The standard InChI is InChI=1S/C14H11NO5S.C7H7Cl/c16-6-5-15-13(18)12(21-14(15)19)9-10-1-3-11(4-2-10)20-8-7-17;1-6-2-4-7(8)5-3-6/h1-4,6-7,9H,5,8H2;2-5H,1H3/b12-9-;. The highest BCUT2D eigenvalue weighted by Crippen LogP contribution is 2.31. The fourth-order valence-electron chi connectivity index (χ4n) is 2.21. The number of carbonyl (C=O) groups is 4. The second-order valence-electron chi connectivity index (χ2n) is 5.80. The molecule has 0 aromatic heterocycles. The molecule has 1 heterocycles. The molecule has 3 rings (SSSR count). The summed E-state index contributed by atoms with van der Waals surface area (Å²) in [5.74, 6) is 0.0618. The van der Waals surface area contributed by atoms with E-state index < -0.39 is 11.1 Å². The quantitative estimate of drug-likeness (QED) is 0.505. The second-order valence-corrected chi connectivity index (χ2v) is 7.23. The number of aryl methyl sites for hydroxylation is 1. The number of benzene rings is 2. The topological polar surface area (TPSA) is 80.8 Å². The van der Waals surface area contributed by atoms with Gasteiger partial charge in [-0.1, -0.05) is 41.4 Å². The van der Waals surface area contributed by atoms with Crippen molar-refractivity contribution < 1.29 is 23.9 Å². The monoisotopic (exact) mass is 431 g/mol. The molecule has 1 saturated heterocycles. The second kappa shape index (κ2) is 11.2. The van der Waals surface area contributed by atoms with Gasteiger partial charge in [0.2, 0.25) is 0 Å². The third-order valence-corrected chi connectivity index (χ3v) is 4.80. The zero-order valence-electron chi connectivity index (χ0n) is 15.5. The van der Waals surface area contributed by atoms with E-state index in [4.69, 9.17) is 16.3 Å². The summed E-state index contributed by atoms with van der Waals surface area (Å²) in [6.45, 7) is 1.78. The lowest BCUT2D eigenvalue weighted by Gasteiger charge is -2.06. The van der Waals surface area contributed by atoms with E-state index in [0.717, 1.165) is 21.7 Å². The number of nitrogens with zero attached hydrogens (tertiary/aromatic N) is 1. The maximum absolute atomic E-state index is 11.9. The van der Waals surface area contributed by atoms with Crippen molar-refractivity contribution in [3.8, 4) is 5.75 Å². The van der Waals surface area contributed by atoms with Crippen molar-refractivity contribution in [3.05, 3.63) is 69.6 Å². The van der Waals surface area contributed by atoms with Gasteiger partial charge in [-0.2, -0.15) is 0 Å². The first-order valence-corrected chi connectivity index (χ1v) is 9.71. The molecule has 1 fully saturated rings. The first-order valence-electron chi connectivity index (χ1n) is 8.52. The van der Waals surface area contributed by atoms with Crippen LogP contribution in [0.5, 0.6) is 5.75 Å². The van der Waals surface area contributed by atoms with Crippen molar-refractivity contribution in [3.63, 3.8) is 0 Å². The lowest BCUT2D eigenvalue weighted by molar-refractivity contribution is -0.125. The zero-order valence-corrected chi connectivity index (χ0v) is 17.1. The van der Waals surface area contributed by atoms with Crippen molar-refractivity contribution in [2.75, 3.05) is 13.2 Å². The largest absolute Gasteiger partial charge is 0.486 e. The number of halogens is 1. The minimum atomic E-state index is -0.474. The van der Waals surface area contributed by atoms with E-state index in [1.807, 2.05) is 31.2 Å². The molecule has 8 heteroatoms. The normalized spacial score (nSPS) is 14.4. The van der Waals surface area contributed by atoms with Crippen LogP contribution in [0, 0.1) is 6.92 Å². The number of aldehydes is 2. The predicted molar refractivity (Wildman–Crippen MR) is 113 cm³/mol. The zero-order chi connectivity index (χ0) is 21.2. The molecule has 0 radical (unpaired) electrons. The summed E-state index contributed by atoms with van der Waals surface area (Å²) in [6.07, 6.45) is 2.73. The Balaban J connectivity index is 0.000000313. The van der Waals surface area contributed by atoms with Crippen LogP contribution in [0.2, 0.25) is 5.02 Å². The smallest absolute Gasteiger partial charge is 0.293 e. The van der Waals surface area contributed by atoms with Gasteiger partial charge in [-0.25, -0.2) is 0 Å². The Morgan fingerprint density at radius 1 is 1.00 bits per heavy atom. The Kier molecular flexibility index (Phi) is 8.64. The van der Waals surface area contributed by atoms with Crippen LogP contribution in [0.15, 0.2) is 53.4 Å². The molecule has 1 aliphatic heterocycles. The fraction of sp³-hybridized carbons (Fsp3) is 0.143. The van der Waals surface area contributed by atoms with Crippen LogP contribution in [0.4, 0.5) is 4.79 Å². The fourth-order valence-corrected chi connectivity index (χ4v) is 3.18. The van der Waals surface area contributed by atoms with Crippen molar-refractivity contribution in [1.29, 1.82) is 0 Å². The highest BCUT2D eigenvalue weighted by Gasteiger charge is 2.34. The van der Waals surface area contributed by atoms with Gasteiger partial charge in [0.25, 0.3) is 11.1 Å². The van der Waals surface area contributed by atoms with Crippen molar-refractivity contribution in [2.24, 2.45) is 0 Å². The Bertz CT molecular complexity index is 889. The molecule has 0 aliphatic carbocycles. The number of imide groups is 1. The third kappa shape index (κ3) is 6.89. The highest BCUT2D eigenvalue weighted by molar-refractivity contribution is 8.18. The van der Waals surface area contributed by atoms with E-state index in [0.29, 0.717) is 23.9 Å². The van der Waals surface area contributed by atoms with Gasteiger partial charge in [0.1, 0.15) is 18.6 Å². The Hall–Kier alpha value is -2.90. The van der Waals surface area contributed by atoms with Crippen LogP contribution < -0.4 is 4.74 Å². The van der Waals surface area contributed by atoms with Crippen LogP contribution >= 0.6 is 23.4 Å². The first kappa shape index (κ1) is 22.4. The Morgan fingerprint density at radius 3 is 2.21 bits per heavy atom. The van der Waals surface area contributed by atoms with E-state index in [9.17, 15) is 19.2 Å². The maximum Gasteiger partial charge on any atom is 0.293 e. The molecule has 0 atom stereocenters. The van der Waals surface area contributed by atoms with Crippen molar-refractivity contribution in [1.82, 2.24) is 4.90 Å². The molecule has 0 saturated carbocycles. The van der Waals surface area contributed by atoms with Crippen LogP contribution in [-0.4, -0.2) is 41.8 Å². The number of amides is 2. The molecule has 6 nitrogen and oxygen atoms in total. The predicted octanol–water partition coefficient (Wildman–Crippen LogP) is 4.15. The SMILES string of the molecule is Cc1ccc(Cl)cc1.O=CCOc1ccc(/C=C2\SC(=O)N(CC=O)C2=O)cc1. The van der Waals surface area contributed by atoms with Crippen LogP contribution in [0.1, 0.15) is 11.1 Å². The van der Waals surface area contributed by atoms with Crippen LogP contribution in [0.3, 0.4) is 0 Å². The van der Waals surface area contributed by atoms with Gasteiger partial charge in [-0.05, 0) is 54.6 Å². The molecule has 150 valence electrons. The summed E-state index contributed by atoms with van der Waals surface area (Å²) in [5, 5.41) is 0.347. The van der Waals surface area contributed by atoms with E-state index in [-0.39, 0.29) is 18.1 Å². The molecular weight excluding hydrogens is 414 g/mol. The van der Waals surface area contributed by atoms with Gasteiger partial charge < -0.3 is 9.53 Å². The van der Waals surface area contributed by atoms with Gasteiger partial charge in [-0.3, -0.25) is 19.3 Å². The molecular formula is C21H18ClNO5S. The number of hydrogen-bond donors (Lipinski definition) is 0. The van der Waals surface area contributed by atoms with Gasteiger partial charge in [0.15, 0.2) is 6.29 Å². The minimum Gasteiger partial charge on any atom is -0.486 e. The Labute approximate surface area is 177 Å². The average molecular weight is 432 g/mol. The first-order chi connectivity index (χ1) is 13.9. The summed E-state index contributed by atoms with van der Waals surface area (Å²) >= 11 is 6.41. The maximum atomic E-state index is 11.9. The summed E-state index contributed by atoms with van der Waals surface area (Å²) < 4.78 is 5.11. The van der Waals surface area contributed by atoms with Gasteiger partial charge in [0, 0.05) is 5.02 Å². The molecule has 0 unspecified atom stereocenters. The highest BCUT2D eigenvalue weighted by atomic mass is 35.5. The van der Waals surface area contributed by atoms with E-state index in [1.54, 1.807) is 30.3 Å². The molecule has 0 bridgehead atoms. The van der Waals surface area contributed by atoms with Gasteiger partial charge >= 0.3 is 0 Å². The lowest BCUT2D eigenvalue weighted by Crippen LogP contribution is -2.29. The minimum absolute atomic E-state index is 0.0239. The number of rotatable bonds is 6. The summed E-state index contributed by atoms with van der Waals surface area (Å²) in [5.41, 5.74) is 1.96. The van der Waals surface area contributed by atoms with Gasteiger partial charge in [0.05, 0.1) is 11.4 Å². The Morgan fingerprint density at radius 2 is 1.66 bits per heavy atom. The molecule has 29 heavy (non-hydrogen) atoms. The molecule has 2 amide bonds. The molecule has 2 aromatic rings. The van der Waals surface area contributed by atoms with Crippen molar-refractivity contribution >= 4 is 53.2 Å². The molecule has 1 aliphatic rings. The number of hydrogen-bond acceptors (Lipinski definition) is 6. The van der Waals surface area contributed by atoms with Gasteiger partial charge in [-0.15, -0.1) is 0 Å². The van der Waals surface area contributed by atoms with Crippen LogP contribution in [0.25, 0.3) is 6.08 Å². The molecule has 0 spiro atoms. The summed E-state index contributed by atoms with van der Waals surface area (Å²) in [7, 11) is 0. The number of thioether (sulfide) groups is 1. The number of carbonyl (C=O) groups excluding carboxylic acids is 4. The lowest BCUT2D eigenvalue weighted by atomic mass is 10.2. The molecule has 2 aromatic carbocycles. The number of ether oxygens (including phenoxy) is 1. The van der Waals surface area contributed by atoms with Crippen molar-refractivity contribution in [2.45, 2.75) is 6.92 Å². The summed E-state index contributed by atoms with van der Waals surface area (Å²) in [4.78, 5) is 45.3. The summed E-state index contributed by atoms with van der Waals surface area (Å²) in [6, 6.07) is 14.5.